The smallest absolute Gasteiger partial charge is 0.0328 e. The van der Waals surface area contributed by atoms with Crippen molar-refractivity contribution in [2.75, 3.05) is 19.6 Å². The molecular formula is C18H30N2. The molecule has 2 unspecified atom stereocenters. The molecule has 0 heterocycles. The molecule has 112 valence electrons. The van der Waals surface area contributed by atoms with Crippen molar-refractivity contribution in [3.8, 4) is 0 Å². The summed E-state index contributed by atoms with van der Waals surface area (Å²) >= 11 is 0. The SMILES string of the molecule is CCN(CC)CCCC(C)NC1CCc2ccccc21. The summed E-state index contributed by atoms with van der Waals surface area (Å²) in [5.41, 5.74) is 3.07. The van der Waals surface area contributed by atoms with Crippen LogP contribution in [0.5, 0.6) is 0 Å². The zero-order valence-electron chi connectivity index (χ0n) is 13.4. The number of rotatable bonds is 8. The number of hydrogen-bond donors (Lipinski definition) is 1. The Labute approximate surface area is 124 Å². The fourth-order valence-electron chi connectivity index (χ4n) is 3.32. The van der Waals surface area contributed by atoms with Gasteiger partial charge in [-0.3, -0.25) is 0 Å². The monoisotopic (exact) mass is 274 g/mol. The highest BCUT2D eigenvalue weighted by molar-refractivity contribution is 5.34. The number of nitrogens with one attached hydrogen (secondary N) is 1. The first kappa shape index (κ1) is 15.5. The van der Waals surface area contributed by atoms with Gasteiger partial charge in [0.15, 0.2) is 0 Å². The molecule has 0 spiro atoms. The first-order chi connectivity index (χ1) is 9.74. The third-order valence-corrected chi connectivity index (χ3v) is 4.62. The van der Waals surface area contributed by atoms with E-state index >= 15 is 0 Å². The van der Waals surface area contributed by atoms with Gasteiger partial charge in [0.25, 0.3) is 0 Å². The Kier molecular flexibility index (Phi) is 6.06. The van der Waals surface area contributed by atoms with E-state index in [1.165, 1.54) is 50.9 Å². The van der Waals surface area contributed by atoms with Crippen LogP contribution in [0, 0.1) is 0 Å². The Morgan fingerprint density at radius 1 is 1.25 bits per heavy atom. The molecule has 20 heavy (non-hydrogen) atoms. The van der Waals surface area contributed by atoms with Crippen LogP contribution in [0.15, 0.2) is 24.3 Å². The van der Waals surface area contributed by atoms with Crippen LogP contribution in [0.25, 0.3) is 0 Å². The normalized spacial score (nSPS) is 19.3. The first-order valence-electron chi connectivity index (χ1n) is 8.30. The van der Waals surface area contributed by atoms with Crippen molar-refractivity contribution in [2.24, 2.45) is 0 Å². The molecule has 1 aromatic carbocycles. The molecule has 0 fully saturated rings. The zero-order valence-corrected chi connectivity index (χ0v) is 13.4. The molecular weight excluding hydrogens is 244 g/mol. The Balaban J connectivity index is 1.74. The molecule has 0 aromatic heterocycles. The minimum Gasteiger partial charge on any atom is -0.307 e. The fraction of sp³-hybridized carbons (Fsp3) is 0.667. The molecule has 1 aromatic rings. The molecule has 1 aliphatic rings. The minimum absolute atomic E-state index is 0.578. The van der Waals surface area contributed by atoms with Crippen LogP contribution in [0.4, 0.5) is 0 Å². The highest BCUT2D eigenvalue weighted by Crippen LogP contribution is 2.31. The van der Waals surface area contributed by atoms with E-state index in [1.807, 2.05) is 0 Å². The maximum absolute atomic E-state index is 3.83. The summed E-state index contributed by atoms with van der Waals surface area (Å²) in [5, 5.41) is 3.83. The van der Waals surface area contributed by atoms with Crippen LogP contribution < -0.4 is 5.32 Å². The second-order valence-corrected chi connectivity index (χ2v) is 6.03. The molecule has 0 saturated heterocycles. The number of aryl methyl sites for hydroxylation is 1. The number of fused-ring (bicyclic) bond motifs is 1. The largest absolute Gasteiger partial charge is 0.307 e. The van der Waals surface area contributed by atoms with Crippen LogP contribution >= 0.6 is 0 Å². The first-order valence-corrected chi connectivity index (χ1v) is 8.30. The molecule has 2 atom stereocenters. The average Bonchev–Trinajstić information content (AvgIpc) is 2.87. The summed E-state index contributed by atoms with van der Waals surface area (Å²) in [5.74, 6) is 0. The van der Waals surface area contributed by atoms with Gasteiger partial charge in [-0.15, -0.1) is 0 Å². The zero-order chi connectivity index (χ0) is 14.4. The van der Waals surface area contributed by atoms with E-state index in [2.05, 4.69) is 55.3 Å². The van der Waals surface area contributed by atoms with Crippen molar-refractivity contribution in [1.82, 2.24) is 10.2 Å². The second kappa shape index (κ2) is 7.80. The van der Waals surface area contributed by atoms with E-state index in [-0.39, 0.29) is 0 Å². The summed E-state index contributed by atoms with van der Waals surface area (Å²) in [6, 6.07) is 10.1. The van der Waals surface area contributed by atoms with Crippen molar-refractivity contribution in [3.05, 3.63) is 35.4 Å². The highest BCUT2D eigenvalue weighted by atomic mass is 15.1. The number of benzene rings is 1. The Bertz CT molecular complexity index is 398. The van der Waals surface area contributed by atoms with Gasteiger partial charge in [-0.1, -0.05) is 38.1 Å². The summed E-state index contributed by atoms with van der Waals surface area (Å²) in [4.78, 5) is 2.51. The molecule has 1 aliphatic carbocycles. The lowest BCUT2D eigenvalue weighted by Gasteiger charge is -2.22. The molecule has 2 nitrogen and oxygen atoms in total. The van der Waals surface area contributed by atoms with E-state index in [9.17, 15) is 0 Å². The third kappa shape index (κ3) is 4.07. The van der Waals surface area contributed by atoms with Gasteiger partial charge in [0.1, 0.15) is 0 Å². The molecule has 0 amide bonds. The lowest BCUT2D eigenvalue weighted by atomic mass is 10.1. The number of nitrogens with zero attached hydrogens (tertiary/aromatic N) is 1. The molecule has 2 rings (SSSR count). The lowest BCUT2D eigenvalue weighted by Crippen LogP contribution is -2.31. The second-order valence-electron chi connectivity index (χ2n) is 6.03. The van der Waals surface area contributed by atoms with Gasteiger partial charge < -0.3 is 10.2 Å². The fourth-order valence-corrected chi connectivity index (χ4v) is 3.32. The van der Waals surface area contributed by atoms with Crippen molar-refractivity contribution in [3.63, 3.8) is 0 Å². The van der Waals surface area contributed by atoms with Gasteiger partial charge >= 0.3 is 0 Å². The van der Waals surface area contributed by atoms with Crippen molar-refractivity contribution >= 4 is 0 Å². The van der Waals surface area contributed by atoms with Gasteiger partial charge in [0.2, 0.25) is 0 Å². The van der Waals surface area contributed by atoms with Crippen molar-refractivity contribution in [1.29, 1.82) is 0 Å². The predicted molar refractivity (Wildman–Crippen MR) is 87.1 cm³/mol. The van der Waals surface area contributed by atoms with Crippen LogP contribution in [0.2, 0.25) is 0 Å². The molecule has 0 bridgehead atoms. The molecule has 0 saturated carbocycles. The van der Waals surface area contributed by atoms with Crippen LogP contribution in [-0.2, 0) is 6.42 Å². The summed E-state index contributed by atoms with van der Waals surface area (Å²) in [7, 11) is 0. The lowest BCUT2D eigenvalue weighted by molar-refractivity contribution is 0.288. The van der Waals surface area contributed by atoms with Crippen molar-refractivity contribution in [2.45, 2.75) is 58.5 Å². The van der Waals surface area contributed by atoms with E-state index in [1.54, 1.807) is 5.56 Å². The van der Waals surface area contributed by atoms with Crippen LogP contribution in [-0.4, -0.2) is 30.6 Å². The quantitative estimate of drug-likeness (QED) is 0.776. The van der Waals surface area contributed by atoms with Crippen molar-refractivity contribution < 1.29 is 0 Å². The van der Waals surface area contributed by atoms with Crippen LogP contribution in [0.1, 0.15) is 57.2 Å². The Hall–Kier alpha value is -0.860. The predicted octanol–water partition coefficient (Wildman–Crippen LogP) is 3.77. The molecule has 2 heteroatoms. The van der Waals surface area contributed by atoms with E-state index < -0.39 is 0 Å². The maximum Gasteiger partial charge on any atom is 0.0328 e. The van der Waals surface area contributed by atoms with E-state index in [0.29, 0.717) is 12.1 Å². The molecule has 0 radical (unpaired) electrons. The highest BCUT2D eigenvalue weighted by Gasteiger charge is 2.22. The van der Waals surface area contributed by atoms with Gasteiger partial charge in [-0.25, -0.2) is 0 Å². The van der Waals surface area contributed by atoms with Gasteiger partial charge in [0, 0.05) is 12.1 Å². The Morgan fingerprint density at radius 2 is 2.00 bits per heavy atom. The Morgan fingerprint density at radius 3 is 2.75 bits per heavy atom. The topological polar surface area (TPSA) is 15.3 Å². The third-order valence-electron chi connectivity index (χ3n) is 4.62. The van der Waals surface area contributed by atoms with E-state index in [4.69, 9.17) is 0 Å². The standard InChI is InChI=1S/C18H30N2/c1-4-20(5-2)14-8-9-15(3)19-18-13-12-16-10-6-7-11-17(16)18/h6-7,10-11,15,18-19H,4-5,8-9,12-14H2,1-3H3. The maximum atomic E-state index is 3.83. The number of hydrogen-bond acceptors (Lipinski definition) is 2. The van der Waals surface area contributed by atoms with Gasteiger partial charge in [0.05, 0.1) is 0 Å². The average molecular weight is 274 g/mol. The van der Waals surface area contributed by atoms with Gasteiger partial charge in [-0.2, -0.15) is 0 Å². The molecule has 1 N–H and O–H groups in total. The summed E-state index contributed by atoms with van der Waals surface area (Å²) in [6.07, 6.45) is 5.07. The summed E-state index contributed by atoms with van der Waals surface area (Å²) in [6.45, 7) is 10.4. The van der Waals surface area contributed by atoms with Crippen LogP contribution in [0.3, 0.4) is 0 Å². The van der Waals surface area contributed by atoms with E-state index in [0.717, 1.165) is 0 Å². The minimum atomic E-state index is 0.578. The molecule has 0 aliphatic heterocycles. The van der Waals surface area contributed by atoms with Gasteiger partial charge in [-0.05, 0) is 63.4 Å². The summed E-state index contributed by atoms with van der Waals surface area (Å²) < 4.78 is 0.